The van der Waals surface area contributed by atoms with Gasteiger partial charge in [-0.1, -0.05) is 40.4 Å². The second-order valence-corrected chi connectivity index (χ2v) is 9.97. The van der Waals surface area contributed by atoms with Crippen molar-refractivity contribution in [3.8, 4) is 0 Å². The summed E-state index contributed by atoms with van der Waals surface area (Å²) < 4.78 is 27.6. The van der Waals surface area contributed by atoms with E-state index in [-0.39, 0.29) is 10.9 Å². The number of aryl methyl sites for hydroxylation is 1. The minimum Gasteiger partial charge on any atom is -0.206 e. The Kier molecular flexibility index (Phi) is 4.99. The number of hydrogen-bond acceptors (Lipinski definition) is 3. The van der Waals surface area contributed by atoms with Crippen molar-refractivity contribution in [1.29, 1.82) is 0 Å². The minimum absolute atomic E-state index is 0.0277. The van der Waals surface area contributed by atoms with Gasteiger partial charge >= 0.3 is 0 Å². The average Bonchev–Trinajstić information content (AvgIpc) is 2.70. The van der Waals surface area contributed by atoms with Gasteiger partial charge in [-0.25, -0.2) is 8.42 Å². The van der Waals surface area contributed by atoms with Gasteiger partial charge in [0.25, 0.3) is 10.0 Å². The first-order valence-electron chi connectivity index (χ1n) is 6.22. The number of nitrogens with zero attached hydrogens (tertiary/aromatic N) is 1. The Bertz CT molecular complexity index is 539. The van der Waals surface area contributed by atoms with Gasteiger partial charge < -0.3 is 0 Å². The van der Waals surface area contributed by atoms with Gasteiger partial charge in [-0.05, 0) is 31.4 Å². The molecule has 0 aliphatic heterocycles. The molecule has 1 heterocycles. The zero-order valence-corrected chi connectivity index (χ0v) is 14.9. The fraction of sp³-hybridized carbons (Fsp3) is 0.667. The molecule has 0 radical (unpaired) electrons. The summed E-state index contributed by atoms with van der Waals surface area (Å²) in [4.78, 5) is 0.234. The van der Waals surface area contributed by atoms with Gasteiger partial charge in [0.2, 0.25) is 0 Å². The summed E-state index contributed by atoms with van der Waals surface area (Å²) in [6.45, 7) is 1.83. The highest BCUT2D eigenvalue weighted by Gasteiger charge is 2.34. The third-order valence-corrected chi connectivity index (χ3v) is 8.54. The standard InChI is InChI=1S/C12H17BrClNO2S2/c1-8-7-11(18-12(8)14)19(16,17)15(2)10-6-4-3-5-9(10)13/h7,9-10H,3-6H2,1-2H3. The molecule has 2 unspecified atom stereocenters. The summed E-state index contributed by atoms with van der Waals surface area (Å²) in [5.74, 6) is 0. The smallest absolute Gasteiger partial charge is 0.206 e. The number of thiophene rings is 1. The largest absolute Gasteiger partial charge is 0.252 e. The predicted octanol–water partition coefficient (Wildman–Crippen LogP) is 4.04. The molecular weight excluding hydrogens is 370 g/mol. The highest BCUT2D eigenvalue weighted by molar-refractivity contribution is 9.09. The average molecular weight is 387 g/mol. The fourth-order valence-corrected chi connectivity index (χ4v) is 6.77. The second kappa shape index (κ2) is 6.02. The lowest BCUT2D eigenvalue weighted by atomic mass is 9.96. The Labute approximate surface area is 132 Å². The molecule has 0 spiro atoms. The van der Waals surface area contributed by atoms with Crippen LogP contribution in [0.3, 0.4) is 0 Å². The van der Waals surface area contributed by atoms with Crippen LogP contribution < -0.4 is 0 Å². The van der Waals surface area contributed by atoms with E-state index in [9.17, 15) is 8.42 Å². The van der Waals surface area contributed by atoms with Crippen molar-refractivity contribution < 1.29 is 8.42 Å². The maximum Gasteiger partial charge on any atom is 0.252 e. The van der Waals surface area contributed by atoms with Gasteiger partial charge in [-0.2, -0.15) is 4.31 Å². The molecule has 1 aromatic rings. The van der Waals surface area contributed by atoms with Crippen molar-refractivity contribution in [2.24, 2.45) is 0 Å². The van der Waals surface area contributed by atoms with Crippen molar-refractivity contribution in [3.05, 3.63) is 16.0 Å². The maximum absolute atomic E-state index is 12.6. The monoisotopic (exact) mass is 385 g/mol. The number of alkyl halides is 1. The lowest BCUT2D eigenvalue weighted by Crippen LogP contribution is -2.43. The summed E-state index contributed by atoms with van der Waals surface area (Å²) >= 11 is 10.7. The summed E-state index contributed by atoms with van der Waals surface area (Å²) in [5, 5.41) is 0. The molecule has 0 aromatic carbocycles. The number of hydrogen-bond donors (Lipinski definition) is 0. The Morgan fingerprint density at radius 2 is 2.05 bits per heavy atom. The van der Waals surface area contributed by atoms with Gasteiger partial charge in [0, 0.05) is 17.9 Å². The Morgan fingerprint density at radius 1 is 1.42 bits per heavy atom. The van der Waals surface area contributed by atoms with Crippen LogP contribution in [0.2, 0.25) is 4.34 Å². The van der Waals surface area contributed by atoms with Crippen LogP contribution >= 0.6 is 38.9 Å². The van der Waals surface area contributed by atoms with Gasteiger partial charge in [0.15, 0.2) is 0 Å². The van der Waals surface area contributed by atoms with Crippen LogP contribution in [-0.2, 0) is 10.0 Å². The normalized spacial score (nSPS) is 24.9. The van der Waals surface area contributed by atoms with Crippen molar-refractivity contribution in [1.82, 2.24) is 4.31 Å². The summed E-state index contributed by atoms with van der Waals surface area (Å²) in [6, 6.07) is 1.69. The first-order valence-corrected chi connectivity index (χ1v) is 9.77. The van der Waals surface area contributed by atoms with Gasteiger partial charge in [0.1, 0.15) is 4.21 Å². The molecule has 19 heavy (non-hydrogen) atoms. The van der Waals surface area contributed by atoms with Crippen LogP contribution in [0.5, 0.6) is 0 Å². The van der Waals surface area contributed by atoms with Crippen LogP contribution in [0.25, 0.3) is 0 Å². The summed E-state index contributed by atoms with van der Waals surface area (Å²) in [6.07, 6.45) is 4.17. The lowest BCUT2D eigenvalue weighted by molar-refractivity contribution is 0.297. The molecule has 7 heteroatoms. The molecule has 0 N–H and O–H groups in total. The quantitative estimate of drug-likeness (QED) is 0.735. The molecule has 108 valence electrons. The Morgan fingerprint density at radius 3 is 2.58 bits per heavy atom. The predicted molar refractivity (Wildman–Crippen MR) is 84.0 cm³/mol. The van der Waals surface area contributed by atoms with E-state index in [4.69, 9.17) is 11.6 Å². The third kappa shape index (κ3) is 3.18. The summed E-state index contributed by atoms with van der Waals surface area (Å²) in [7, 11) is -1.77. The van der Waals surface area contributed by atoms with Crippen molar-refractivity contribution in [3.63, 3.8) is 0 Å². The molecule has 1 aliphatic rings. The lowest BCUT2D eigenvalue weighted by Gasteiger charge is -2.34. The van der Waals surface area contributed by atoms with E-state index in [1.54, 1.807) is 13.1 Å². The molecule has 0 amide bonds. The first kappa shape index (κ1) is 15.8. The van der Waals surface area contributed by atoms with Crippen molar-refractivity contribution in [2.45, 2.75) is 47.7 Å². The van der Waals surface area contributed by atoms with E-state index in [1.807, 2.05) is 6.92 Å². The third-order valence-electron chi connectivity index (χ3n) is 3.58. The number of halogens is 2. The highest BCUT2D eigenvalue weighted by atomic mass is 79.9. The fourth-order valence-electron chi connectivity index (χ4n) is 2.35. The van der Waals surface area contributed by atoms with Crippen molar-refractivity contribution >= 4 is 48.9 Å². The molecule has 1 fully saturated rings. The van der Waals surface area contributed by atoms with E-state index in [0.717, 1.165) is 42.6 Å². The van der Waals surface area contributed by atoms with Crippen LogP contribution in [0.1, 0.15) is 31.2 Å². The first-order chi connectivity index (χ1) is 8.84. The van der Waals surface area contributed by atoms with Crippen LogP contribution in [0.4, 0.5) is 0 Å². The molecule has 0 bridgehead atoms. The molecular formula is C12H17BrClNO2S2. The SMILES string of the molecule is Cc1cc(S(=O)(=O)N(C)C2CCCCC2Br)sc1Cl. The van der Waals surface area contributed by atoms with Gasteiger partial charge in [0.05, 0.1) is 4.34 Å². The zero-order chi connectivity index (χ0) is 14.2. The molecule has 1 aromatic heterocycles. The maximum atomic E-state index is 12.6. The number of sulfonamides is 1. The minimum atomic E-state index is -3.44. The highest BCUT2D eigenvalue weighted by Crippen LogP contribution is 2.35. The van der Waals surface area contributed by atoms with E-state index in [2.05, 4.69) is 15.9 Å². The van der Waals surface area contributed by atoms with Gasteiger partial charge in [-0.15, -0.1) is 11.3 Å². The molecule has 1 aliphatic carbocycles. The molecule has 0 saturated heterocycles. The van der Waals surface area contributed by atoms with E-state index < -0.39 is 10.0 Å². The topological polar surface area (TPSA) is 37.4 Å². The van der Waals surface area contributed by atoms with E-state index >= 15 is 0 Å². The van der Waals surface area contributed by atoms with Crippen LogP contribution in [-0.4, -0.2) is 30.6 Å². The second-order valence-electron chi connectivity index (χ2n) is 4.91. The van der Waals surface area contributed by atoms with Crippen LogP contribution in [0, 0.1) is 6.92 Å². The molecule has 3 nitrogen and oxygen atoms in total. The van der Waals surface area contributed by atoms with Crippen LogP contribution in [0.15, 0.2) is 10.3 Å². The summed E-state index contributed by atoms with van der Waals surface area (Å²) in [5.41, 5.74) is 0.817. The zero-order valence-electron chi connectivity index (χ0n) is 10.9. The number of rotatable bonds is 3. The van der Waals surface area contributed by atoms with E-state index in [0.29, 0.717) is 8.55 Å². The molecule has 1 saturated carbocycles. The van der Waals surface area contributed by atoms with E-state index in [1.165, 1.54) is 4.31 Å². The Balaban J connectivity index is 2.28. The molecule has 2 rings (SSSR count). The Hall–Kier alpha value is 0.380. The van der Waals surface area contributed by atoms with Gasteiger partial charge in [-0.3, -0.25) is 0 Å². The molecule has 2 atom stereocenters. The van der Waals surface area contributed by atoms with Crippen molar-refractivity contribution in [2.75, 3.05) is 7.05 Å².